The largest absolute Gasteiger partial charge is 0.324 e. The second kappa shape index (κ2) is 5.78. The Morgan fingerprint density at radius 3 is 2.60 bits per heavy atom. The number of Topliss-reactive ketones (excluding diaryl/α,β-unsaturated/α-hetero) is 1. The predicted octanol–water partition coefficient (Wildman–Crippen LogP) is 3.11. The smallest absolute Gasteiger partial charge is 0.177 e. The van der Waals surface area contributed by atoms with Crippen LogP contribution in [0.15, 0.2) is 24.3 Å². The van der Waals surface area contributed by atoms with Gasteiger partial charge in [0.2, 0.25) is 0 Å². The molecule has 15 heavy (non-hydrogen) atoms. The van der Waals surface area contributed by atoms with Gasteiger partial charge in [0.1, 0.15) is 0 Å². The van der Waals surface area contributed by atoms with Crippen LogP contribution in [0, 0.1) is 5.92 Å². The summed E-state index contributed by atoms with van der Waals surface area (Å²) >= 11 is 1.09. The van der Waals surface area contributed by atoms with Crippen LogP contribution in [0.2, 0.25) is 0 Å². The summed E-state index contributed by atoms with van der Waals surface area (Å²) in [6.07, 6.45) is 1.74. The van der Waals surface area contributed by atoms with Crippen LogP contribution < -0.4 is 4.89 Å². The highest BCUT2D eigenvalue weighted by Gasteiger charge is 2.15. The van der Waals surface area contributed by atoms with Crippen molar-refractivity contribution in [2.75, 3.05) is 6.26 Å². The van der Waals surface area contributed by atoms with Gasteiger partial charge >= 0.3 is 0 Å². The summed E-state index contributed by atoms with van der Waals surface area (Å²) in [6, 6.07) is 7.06. The van der Waals surface area contributed by atoms with Gasteiger partial charge in [-0.05, 0) is 12.1 Å². The van der Waals surface area contributed by atoms with Crippen LogP contribution in [-0.2, 0) is 4.33 Å². The summed E-state index contributed by atoms with van der Waals surface area (Å²) in [7, 11) is 0. The van der Waals surface area contributed by atoms with E-state index in [2.05, 4.69) is 0 Å². The third-order valence-electron chi connectivity index (χ3n) is 1.87. The minimum atomic E-state index is -0.0518. The van der Waals surface area contributed by atoms with Crippen LogP contribution in [0.1, 0.15) is 24.2 Å². The second-order valence-electron chi connectivity index (χ2n) is 3.33. The summed E-state index contributed by atoms with van der Waals surface area (Å²) in [5.41, 5.74) is 0.557. The molecule has 82 valence electrons. The van der Waals surface area contributed by atoms with E-state index in [-0.39, 0.29) is 11.7 Å². The van der Waals surface area contributed by atoms with Crippen molar-refractivity contribution >= 4 is 17.8 Å². The lowest BCUT2D eigenvalue weighted by atomic mass is 10.0. The first kappa shape index (κ1) is 12.1. The van der Waals surface area contributed by atoms with Crippen molar-refractivity contribution in [1.82, 2.24) is 0 Å². The highest BCUT2D eigenvalue weighted by molar-refractivity contribution is 7.93. The lowest BCUT2D eigenvalue weighted by Crippen LogP contribution is -2.09. The molecule has 0 unspecified atom stereocenters. The minimum absolute atomic E-state index is 0.0512. The van der Waals surface area contributed by atoms with Crippen LogP contribution in [0.4, 0.5) is 0 Å². The first-order chi connectivity index (χ1) is 7.16. The van der Waals surface area contributed by atoms with E-state index in [0.29, 0.717) is 11.3 Å². The SMILES string of the molecule is CSOOc1ccccc1C(=O)C(C)C. The highest BCUT2D eigenvalue weighted by Crippen LogP contribution is 2.22. The van der Waals surface area contributed by atoms with E-state index in [9.17, 15) is 4.79 Å². The van der Waals surface area contributed by atoms with Crippen molar-refractivity contribution in [3.8, 4) is 5.75 Å². The van der Waals surface area contributed by atoms with Gasteiger partial charge in [0.15, 0.2) is 11.5 Å². The maximum Gasteiger partial charge on any atom is 0.177 e. The zero-order valence-electron chi connectivity index (χ0n) is 9.02. The molecule has 1 rings (SSSR count). The molecule has 0 aromatic heterocycles. The fraction of sp³-hybridized carbons (Fsp3) is 0.364. The Balaban J connectivity index is 2.90. The Bertz CT molecular complexity index is 336. The molecule has 0 spiro atoms. The zero-order valence-corrected chi connectivity index (χ0v) is 9.84. The lowest BCUT2D eigenvalue weighted by molar-refractivity contribution is -0.0776. The number of carbonyl (C=O) groups excluding carboxylic acids is 1. The van der Waals surface area contributed by atoms with E-state index in [1.807, 2.05) is 19.9 Å². The Kier molecular flexibility index (Phi) is 4.65. The van der Waals surface area contributed by atoms with Crippen molar-refractivity contribution in [3.63, 3.8) is 0 Å². The fourth-order valence-electron chi connectivity index (χ4n) is 1.12. The molecule has 3 nitrogen and oxygen atoms in total. The Hall–Kier alpha value is -1.00. The molecule has 4 heteroatoms. The first-order valence-corrected chi connectivity index (χ1v) is 5.82. The van der Waals surface area contributed by atoms with E-state index in [0.717, 1.165) is 12.0 Å². The summed E-state index contributed by atoms with van der Waals surface area (Å²) < 4.78 is 4.75. The highest BCUT2D eigenvalue weighted by atomic mass is 32.2. The molecule has 0 fully saturated rings. The average Bonchev–Trinajstić information content (AvgIpc) is 2.25. The van der Waals surface area contributed by atoms with Crippen LogP contribution in [0.5, 0.6) is 5.75 Å². The molecule has 1 aromatic rings. The molecular weight excluding hydrogens is 212 g/mol. The number of hydrogen-bond acceptors (Lipinski definition) is 4. The van der Waals surface area contributed by atoms with Crippen molar-refractivity contribution in [2.45, 2.75) is 13.8 Å². The van der Waals surface area contributed by atoms with Gasteiger partial charge in [-0.25, -0.2) is 0 Å². The van der Waals surface area contributed by atoms with Crippen LogP contribution in [0.25, 0.3) is 0 Å². The number of carbonyl (C=O) groups is 1. The number of rotatable bonds is 5. The molecular formula is C11H14O3S. The maximum absolute atomic E-state index is 11.8. The van der Waals surface area contributed by atoms with Gasteiger partial charge in [0.25, 0.3) is 0 Å². The van der Waals surface area contributed by atoms with Crippen molar-refractivity contribution in [1.29, 1.82) is 0 Å². The minimum Gasteiger partial charge on any atom is -0.324 e. The van der Waals surface area contributed by atoms with Crippen molar-refractivity contribution in [2.24, 2.45) is 5.92 Å². The lowest BCUT2D eigenvalue weighted by Gasteiger charge is -2.09. The molecule has 0 radical (unpaired) electrons. The van der Waals surface area contributed by atoms with E-state index in [1.54, 1.807) is 24.5 Å². The van der Waals surface area contributed by atoms with Gasteiger partial charge in [-0.2, -0.15) is 0 Å². The monoisotopic (exact) mass is 226 g/mol. The molecule has 0 saturated carbocycles. The molecule has 0 amide bonds. The predicted molar refractivity (Wildman–Crippen MR) is 60.8 cm³/mol. The average molecular weight is 226 g/mol. The van der Waals surface area contributed by atoms with E-state index < -0.39 is 0 Å². The fourth-order valence-corrected chi connectivity index (χ4v) is 1.27. The summed E-state index contributed by atoms with van der Waals surface area (Å²) in [6.45, 7) is 3.71. The molecule has 0 aliphatic heterocycles. The molecule has 0 bridgehead atoms. The number of hydrogen-bond donors (Lipinski definition) is 0. The van der Waals surface area contributed by atoms with Gasteiger partial charge in [0.05, 0.1) is 5.56 Å². The molecule has 1 aromatic carbocycles. The van der Waals surface area contributed by atoms with Gasteiger partial charge in [-0.3, -0.25) is 4.79 Å². The van der Waals surface area contributed by atoms with Gasteiger partial charge < -0.3 is 4.89 Å². The van der Waals surface area contributed by atoms with Gasteiger partial charge in [0, 0.05) is 24.2 Å². The molecule has 0 heterocycles. The summed E-state index contributed by atoms with van der Waals surface area (Å²) in [4.78, 5) is 16.8. The van der Waals surface area contributed by atoms with E-state index in [4.69, 9.17) is 9.22 Å². The quantitative estimate of drug-likeness (QED) is 0.334. The van der Waals surface area contributed by atoms with Crippen LogP contribution in [0.3, 0.4) is 0 Å². The van der Waals surface area contributed by atoms with E-state index in [1.165, 1.54) is 0 Å². The Labute approximate surface area is 93.9 Å². The Morgan fingerprint density at radius 1 is 1.33 bits per heavy atom. The van der Waals surface area contributed by atoms with Gasteiger partial charge in [-0.1, -0.05) is 26.0 Å². The molecule has 0 aliphatic rings. The van der Waals surface area contributed by atoms with Crippen molar-refractivity contribution < 1.29 is 14.0 Å². The molecule has 0 N–H and O–H groups in total. The summed E-state index contributed by atoms with van der Waals surface area (Å²) in [5, 5.41) is 0. The summed E-state index contributed by atoms with van der Waals surface area (Å²) in [5.74, 6) is 0.463. The molecule has 0 saturated heterocycles. The normalized spacial score (nSPS) is 10.4. The van der Waals surface area contributed by atoms with Crippen molar-refractivity contribution in [3.05, 3.63) is 29.8 Å². The zero-order chi connectivity index (χ0) is 11.3. The maximum atomic E-state index is 11.8. The van der Waals surface area contributed by atoms with Gasteiger partial charge in [-0.15, -0.1) is 4.33 Å². The number of ketones is 1. The molecule has 0 aliphatic carbocycles. The second-order valence-corrected chi connectivity index (χ2v) is 3.80. The van der Waals surface area contributed by atoms with Crippen LogP contribution in [-0.4, -0.2) is 12.0 Å². The number of benzene rings is 1. The number of para-hydroxylation sites is 1. The Morgan fingerprint density at radius 2 is 2.00 bits per heavy atom. The standard InChI is InChI=1S/C11H14O3S/c1-8(2)11(12)9-6-4-5-7-10(9)13-14-15-3/h4-8H,1-3H3. The first-order valence-electron chi connectivity index (χ1n) is 4.67. The third kappa shape index (κ3) is 3.25. The van der Waals surface area contributed by atoms with Crippen LogP contribution >= 0.6 is 12.0 Å². The van der Waals surface area contributed by atoms with E-state index >= 15 is 0 Å². The molecule has 0 atom stereocenters. The third-order valence-corrected chi connectivity index (χ3v) is 2.07. The topological polar surface area (TPSA) is 35.5 Å².